The van der Waals surface area contributed by atoms with E-state index in [4.69, 9.17) is 9.47 Å². The quantitative estimate of drug-likeness (QED) is 0.174. The van der Waals surface area contributed by atoms with Gasteiger partial charge < -0.3 is 19.9 Å². The fraction of sp³-hybridized carbons (Fsp3) is 0.111. The number of carboxylic acid groups (broad SMARTS) is 1. The summed E-state index contributed by atoms with van der Waals surface area (Å²) in [6, 6.07) is 40.9. The predicted molar refractivity (Wildman–Crippen MR) is 162 cm³/mol. The Kier molecular flexibility index (Phi) is 9.27. The Balaban J connectivity index is 1.15. The van der Waals surface area contributed by atoms with Crippen LogP contribution in [0.3, 0.4) is 0 Å². The van der Waals surface area contributed by atoms with E-state index >= 15 is 0 Å². The fourth-order valence-corrected chi connectivity index (χ4v) is 4.55. The van der Waals surface area contributed by atoms with Crippen molar-refractivity contribution in [2.45, 2.75) is 25.7 Å². The second-order valence-electron chi connectivity index (χ2n) is 9.82. The number of ether oxygens (including phenoxy) is 2. The largest absolute Gasteiger partial charge is 0.489 e. The molecule has 0 unspecified atom stereocenters. The molecule has 0 aliphatic carbocycles. The zero-order valence-electron chi connectivity index (χ0n) is 23.0. The summed E-state index contributed by atoms with van der Waals surface area (Å²) in [6.45, 7) is 0.812. The highest BCUT2D eigenvalue weighted by molar-refractivity contribution is 5.96. The van der Waals surface area contributed by atoms with Crippen molar-refractivity contribution in [2.75, 3.05) is 0 Å². The molecular formula is C36H31NO5. The maximum absolute atomic E-state index is 12.9. The minimum Gasteiger partial charge on any atom is -0.489 e. The van der Waals surface area contributed by atoms with Crippen LogP contribution in [0.25, 0.3) is 11.1 Å². The zero-order chi connectivity index (χ0) is 29.1. The minimum absolute atomic E-state index is 0.141. The molecule has 0 radical (unpaired) electrons. The molecule has 0 aliphatic heterocycles. The van der Waals surface area contributed by atoms with E-state index in [1.807, 2.05) is 78.9 Å². The van der Waals surface area contributed by atoms with Crippen molar-refractivity contribution in [3.05, 3.63) is 156 Å². The molecule has 0 fully saturated rings. The van der Waals surface area contributed by atoms with Crippen LogP contribution in [-0.4, -0.2) is 23.0 Å². The van der Waals surface area contributed by atoms with Crippen LogP contribution in [0.5, 0.6) is 11.5 Å². The van der Waals surface area contributed by atoms with Gasteiger partial charge in [0, 0.05) is 12.0 Å². The summed E-state index contributed by atoms with van der Waals surface area (Å²) in [6.07, 6.45) is 0.141. The third-order valence-electron chi connectivity index (χ3n) is 6.83. The van der Waals surface area contributed by atoms with Crippen LogP contribution in [0.4, 0.5) is 0 Å². The molecule has 1 amide bonds. The van der Waals surface area contributed by atoms with Gasteiger partial charge in [0.2, 0.25) is 0 Å². The molecule has 0 heterocycles. The summed E-state index contributed by atoms with van der Waals surface area (Å²) < 4.78 is 11.8. The highest BCUT2D eigenvalue weighted by Crippen LogP contribution is 2.25. The van der Waals surface area contributed by atoms with Crippen LogP contribution in [0.2, 0.25) is 0 Å². The molecule has 1 atom stereocenters. The molecular weight excluding hydrogens is 526 g/mol. The Hall–Kier alpha value is -5.36. The summed E-state index contributed by atoms with van der Waals surface area (Å²) in [5, 5.41) is 12.4. The first-order valence-corrected chi connectivity index (χ1v) is 13.7. The van der Waals surface area contributed by atoms with Crippen LogP contribution >= 0.6 is 0 Å². The van der Waals surface area contributed by atoms with E-state index in [1.54, 1.807) is 36.4 Å². The molecule has 5 aromatic rings. The highest BCUT2D eigenvalue weighted by atomic mass is 16.5. The molecule has 0 aromatic heterocycles. The first-order chi connectivity index (χ1) is 20.5. The molecule has 6 nitrogen and oxygen atoms in total. The van der Waals surface area contributed by atoms with Crippen molar-refractivity contribution in [1.82, 2.24) is 5.32 Å². The molecule has 0 spiro atoms. The molecule has 5 rings (SSSR count). The van der Waals surface area contributed by atoms with Crippen LogP contribution in [0.15, 0.2) is 133 Å². The fourth-order valence-electron chi connectivity index (χ4n) is 4.55. The number of hydrogen-bond acceptors (Lipinski definition) is 4. The predicted octanol–water partition coefficient (Wildman–Crippen LogP) is 6.94. The van der Waals surface area contributed by atoms with Crippen LogP contribution in [-0.2, 0) is 24.4 Å². The monoisotopic (exact) mass is 557 g/mol. The number of aliphatic carboxylic acids is 1. The Morgan fingerprint density at radius 2 is 1.19 bits per heavy atom. The molecule has 0 saturated heterocycles. The van der Waals surface area contributed by atoms with E-state index in [-0.39, 0.29) is 6.42 Å². The average molecular weight is 558 g/mol. The molecule has 0 saturated carbocycles. The summed E-state index contributed by atoms with van der Waals surface area (Å²) in [4.78, 5) is 24.8. The molecule has 0 aliphatic rings. The minimum atomic E-state index is -1.11. The lowest BCUT2D eigenvalue weighted by Gasteiger charge is -2.16. The van der Waals surface area contributed by atoms with Gasteiger partial charge in [0.25, 0.3) is 5.91 Å². The van der Waals surface area contributed by atoms with Gasteiger partial charge in [-0.1, -0.05) is 97.1 Å². The Morgan fingerprint density at radius 1 is 0.619 bits per heavy atom. The highest BCUT2D eigenvalue weighted by Gasteiger charge is 2.21. The third kappa shape index (κ3) is 7.64. The normalized spacial score (nSPS) is 11.3. The lowest BCUT2D eigenvalue weighted by Crippen LogP contribution is -2.42. The molecule has 210 valence electrons. The number of carbonyl (C=O) groups is 2. The van der Waals surface area contributed by atoms with E-state index in [2.05, 4.69) is 23.5 Å². The van der Waals surface area contributed by atoms with Gasteiger partial charge in [-0.05, 0) is 64.2 Å². The SMILES string of the molecule is O=C(N[C@@H](Cc1ccc(OCc2ccccc2)cc1)C(=O)O)c1ccc(OCc2ccccc2-c2ccccc2)cc1. The van der Waals surface area contributed by atoms with Crippen LogP contribution < -0.4 is 14.8 Å². The number of nitrogens with one attached hydrogen (secondary N) is 1. The third-order valence-corrected chi connectivity index (χ3v) is 6.83. The molecule has 6 heteroatoms. The van der Waals surface area contributed by atoms with Gasteiger partial charge in [0.05, 0.1) is 0 Å². The zero-order valence-corrected chi connectivity index (χ0v) is 23.0. The maximum Gasteiger partial charge on any atom is 0.326 e. The summed E-state index contributed by atoms with van der Waals surface area (Å²) in [7, 11) is 0. The van der Waals surface area contributed by atoms with Crippen LogP contribution in [0.1, 0.15) is 27.0 Å². The average Bonchev–Trinajstić information content (AvgIpc) is 3.04. The Bertz CT molecular complexity index is 1600. The van der Waals surface area contributed by atoms with E-state index in [9.17, 15) is 14.7 Å². The first-order valence-electron chi connectivity index (χ1n) is 13.7. The van der Waals surface area contributed by atoms with E-state index in [0.717, 1.165) is 27.8 Å². The van der Waals surface area contributed by atoms with E-state index in [1.165, 1.54) is 0 Å². The van der Waals surface area contributed by atoms with Crippen molar-refractivity contribution >= 4 is 11.9 Å². The van der Waals surface area contributed by atoms with E-state index in [0.29, 0.717) is 30.3 Å². The molecule has 0 bridgehead atoms. The second kappa shape index (κ2) is 13.8. The number of hydrogen-bond donors (Lipinski definition) is 2. The summed E-state index contributed by atoms with van der Waals surface area (Å²) in [5.41, 5.74) is 5.44. The second-order valence-corrected chi connectivity index (χ2v) is 9.82. The molecule has 42 heavy (non-hydrogen) atoms. The van der Waals surface area contributed by atoms with Gasteiger partial charge in [-0.2, -0.15) is 0 Å². The Labute approximate surface area is 245 Å². The van der Waals surface area contributed by atoms with Gasteiger partial charge in [-0.15, -0.1) is 0 Å². The van der Waals surface area contributed by atoms with Gasteiger partial charge in [0.15, 0.2) is 0 Å². The van der Waals surface area contributed by atoms with Crippen molar-refractivity contribution in [3.63, 3.8) is 0 Å². The summed E-state index contributed by atoms with van der Waals surface area (Å²) >= 11 is 0. The van der Waals surface area contributed by atoms with Gasteiger partial charge in [-0.3, -0.25) is 4.79 Å². The van der Waals surface area contributed by atoms with Gasteiger partial charge in [0.1, 0.15) is 30.8 Å². The topological polar surface area (TPSA) is 84.9 Å². The number of benzene rings is 5. The van der Waals surface area contributed by atoms with E-state index < -0.39 is 17.9 Å². The van der Waals surface area contributed by atoms with Gasteiger partial charge in [-0.25, -0.2) is 4.79 Å². The Morgan fingerprint density at radius 3 is 1.86 bits per heavy atom. The van der Waals surface area contributed by atoms with Crippen molar-refractivity contribution in [2.24, 2.45) is 0 Å². The van der Waals surface area contributed by atoms with Crippen molar-refractivity contribution in [1.29, 1.82) is 0 Å². The smallest absolute Gasteiger partial charge is 0.326 e. The summed E-state index contributed by atoms with van der Waals surface area (Å²) in [5.74, 6) is -0.279. The van der Waals surface area contributed by atoms with Crippen molar-refractivity contribution in [3.8, 4) is 22.6 Å². The first kappa shape index (κ1) is 28.2. The number of rotatable bonds is 12. The lowest BCUT2D eigenvalue weighted by molar-refractivity contribution is -0.139. The van der Waals surface area contributed by atoms with Gasteiger partial charge >= 0.3 is 5.97 Å². The number of amides is 1. The van der Waals surface area contributed by atoms with Crippen molar-refractivity contribution < 1.29 is 24.2 Å². The maximum atomic E-state index is 12.9. The standard InChI is InChI=1S/C36H31NO5/c38-35(37-34(36(39)40)23-26-15-19-31(20-16-26)41-24-27-9-3-1-4-10-27)29-17-21-32(22-18-29)42-25-30-13-7-8-14-33(30)28-11-5-2-6-12-28/h1-22,34H,23-25H2,(H,37,38)(H,39,40)/t34-/m0/s1. The van der Waals surface area contributed by atoms with Crippen LogP contribution in [0, 0.1) is 0 Å². The lowest BCUT2D eigenvalue weighted by atomic mass is 10.0. The molecule has 5 aromatic carbocycles. The number of carbonyl (C=O) groups excluding carboxylic acids is 1. The number of carboxylic acids is 1. The molecule has 2 N–H and O–H groups in total.